The zero-order chi connectivity index (χ0) is 24.4. The Balaban J connectivity index is 1.37. The number of benzene rings is 3. The Kier molecular flexibility index (Phi) is 6.22. The predicted molar refractivity (Wildman–Crippen MR) is 142 cm³/mol. The molecule has 172 valence electrons. The lowest BCUT2D eigenvalue weighted by atomic mass is 10.0. The molecule has 0 radical (unpaired) electrons. The molecule has 0 atom stereocenters. The molecule has 35 heavy (non-hydrogen) atoms. The number of thiocarbonyl (C=S) groups is 1. The van der Waals surface area contributed by atoms with Crippen molar-refractivity contribution in [3.63, 3.8) is 0 Å². The number of furan rings is 1. The standard InChI is InChI=1S/C27H18N2O4S2/c30-25-24(35-27(34)29(25)28-22-12-5-4-11-21(22)26(31)32)16-20-13-14-23(33-20)19-10-6-9-18(15-19)17-7-2-1-3-8-17/h1-16,28H,(H,31,32)/b24-16+. The summed E-state index contributed by atoms with van der Waals surface area (Å²) in [4.78, 5) is 24.8. The fraction of sp³-hybridized carbons (Fsp3) is 0. The van der Waals surface area contributed by atoms with Crippen molar-refractivity contribution in [1.29, 1.82) is 0 Å². The largest absolute Gasteiger partial charge is 0.478 e. The van der Waals surface area contributed by atoms with Crippen LogP contribution in [0.4, 0.5) is 5.69 Å². The molecule has 0 bridgehead atoms. The highest BCUT2D eigenvalue weighted by Crippen LogP contribution is 2.35. The zero-order valence-electron chi connectivity index (χ0n) is 18.2. The number of aromatic carboxylic acids is 1. The molecule has 5 rings (SSSR count). The summed E-state index contributed by atoms with van der Waals surface area (Å²) in [6.45, 7) is 0. The first-order valence-electron chi connectivity index (χ1n) is 10.6. The van der Waals surface area contributed by atoms with Gasteiger partial charge in [0.15, 0.2) is 4.32 Å². The molecule has 1 aliphatic heterocycles. The Bertz CT molecular complexity index is 1480. The number of carbonyl (C=O) groups excluding carboxylic acids is 1. The van der Waals surface area contributed by atoms with E-state index < -0.39 is 5.97 Å². The van der Waals surface area contributed by atoms with Crippen LogP contribution in [-0.4, -0.2) is 26.3 Å². The van der Waals surface area contributed by atoms with E-state index in [-0.39, 0.29) is 21.5 Å². The minimum absolute atomic E-state index is 0.0407. The van der Waals surface area contributed by atoms with E-state index in [9.17, 15) is 14.7 Å². The van der Waals surface area contributed by atoms with Crippen LogP contribution in [-0.2, 0) is 4.79 Å². The fourth-order valence-electron chi connectivity index (χ4n) is 3.65. The van der Waals surface area contributed by atoms with E-state index in [0.29, 0.717) is 16.4 Å². The van der Waals surface area contributed by atoms with Crippen molar-refractivity contribution in [2.24, 2.45) is 0 Å². The Morgan fingerprint density at radius 2 is 1.63 bits per heavy atom. The van der Waals surface area contributed by atoms with Crippen LogP contribution in [0.3, 0.4) is 0 Å². The van der Waals surface area contributed by atoms with Gasteiger partial charge in [-0.1, -0.05) is 72.4 Å². The Labute approximate surface area is 210 Å². The molecule has 0 saturated carbocycles. The molecular formula is C27H18N2O4S2. The van der Waals surface area contributed by atoms with Crippen LogP contribution in [0.2, 0.25) is 0 Å². The third-order valence-electron chi connectivity index (χ3n) is 5.34. The molecule has 1 aromatic heterocycles. The minimum Gasteiger partial charge on any atom is -0.478 e. The van der Waals surface area contributed by atoms with Gasteiger partial charge in [0.05, 0.1) is 16.2 Å². The van der Waals surface area contributed by atoms with E-state index in [1.807, 2.05) is 42.5 Å². The highest BCUT2D eigenvalue weighted by molar-refractivity contribution is 8.26. The molecule has 8 heteroatoms. The van der Waals surface area contributed by atoms with E-state index in [4.69, 9.17) is 16.6 Å². The van der Waals surface area contributed by atoms with Gasteiger partial charge in [-0.3, -0.25) is 10.2 Å². The van der Waals surface area contributed by atoms with E-state index in [0.717, 1.165) is 28.5 Å². The van der Waals surface area contributed by atoms with Crippen LogP contribution in [0.5, 0.6) is 0 Å². The van der Waals surface area contributed by atoms with Crippen molar-refractivity contribution in [1.82, 2.24) is 5.01 Å². The lowest BCUT2D eigenvalue weighted by Crippen LogP contribution is -2.34. The maximum Gasteiger partial charge on any atom is 0.337 e. The number of carboxylic acids is 1. The van der Waals surface area contributed by atoms with Crippen molar-refractivity contribution in [3.8, 4) is 22.5 Å². The van der Waals surface area contributed by atoms with E-state index in [2.05, 4.69) is 23.6 Å². The summed E-state index contributed by atoms with van der Waals surface area (Å²) >= 11 is 6.46. The van der Waals surface area contributed by atoms with Crippen LogP contribution in [0.1, 0.15) is 16.1 Å². The molecule has 3 aromatic carbocycles. The van der Waals surface area contributed by atoms with Gasteiger partial charge in [0.1, 0.15) is 11.5 Å². The maximum atomic E-state index is 13.0. The lowest BCUT2D eigenvalue weighted by molar-refractivity contribution is -0.121. The van der Waals surface area contributed by atoms with Crippen LogP contribution in [0.15, 0.2) is 100 Å². The number of thioether (sulfide) groups is 1. The van der Waals surface area contributed by atoms with Gasteiger partial charge in [-0.05, 0) is 53.7 Å². The predicted octanol–water partition coefficient (Wildman–Crippen LogP) is 6.54. The van der Waals surface area contributed by atoms with Gasteiger partial charge < -0.3 is 9.52 Å². The van der Waals surface area contributed by atoms with Crippen molar-refractivity contribution in [2.45, 2.75) is 0 Å². The van der Waals surface area contributed by atoms with Crippen molar-refractivity contribution in [2.75, 3.05) is 5.43 Å². The number of hydrazine groups is 1. The van der Waals surface area contributed by atoms with Crippen molar-refractivity contribution < 1.29 is 19.1 Å². The number of carboxylic acid groups (broad SMARTS) is 1. The van der Waals surface area contributed by atoms with Gasteiger partial charge >= 0.3 is 5.97 Å². The maximum absolute atomic E-state index is 13.0. The first-order valence-corrected chi connectivity index (χ1v) is 11.8. The second-order valence-corrected chi connectivity index (χ2v) is 9.30. The van der Waals surface area contributed by atoms with Crippen LogP contribution in [0, 0.1) is 0 Å². The number of hydrogen-bond acceptors (Lipinski definition) is 6. The molecule has 1 amide bonds. The monoisotopic (exact) mass is 498 g/mol. The quantitative estimate of drug-likeness (QED) is 0.231. The second-order valence-electron chi connectivity index (χ2n) is 7.63. The molecule has 1 fully saturated rings. The highest BCUT2D eigenvalue weighted by Gasteiger charge is 2.33. The van der Waals surface area contributed by atoms with Gasteiger partial charge in [-0.25, -0.2) is 9.80 Å². The lowest BCUT2D eigenvalue weighted by Gasteiger charge is -2.18. The van der Waals surface area contributed by atoms with Crippen molar-refractivity contribution in [3.05, 3.63) is 107 Å². The normalized spacial score (nSPS) is 14.5. The molecule has 4 aromatic rings. The van der Waals surface area contributed by atoms with E-state index >= 15 is 0 Å². The summed E-state index contributed by atoms with van der Waals surface area (Å²) in [6.07, 6.45) is 1.63. The number of nitrogens with zero attached hydrogens (tertiary/aromatic N) is 1. The molecule has 2 N–H and O–H groups in total. The van der Waals surface area contributed by atoms with Crippen LogP contribution < -0.4 is 5.43 Å². The average molecular weight is 499 g/mol. The first-order chi connectivity index (χ1) is 17.0. The first kappa shape index (κ1) is 22.6. The number of nitrogens with one attached hydrogen (secondary N) is 1. The topological polar surface area (TPSA) is 82.8 Å². The molecule has 1 saturated heterocycles. The number of hydrogen-bond donors (Lipinski definition) is 2. The Morgan fingerprint density at radius 3 is 2.43 bits per heavy atom. The summed E-state index contributed by atoms with van der Waals surface area (Å²) in [5.41, 5.74) is 6.26. The zero-order valence-corrected chi connectivity index (χ0v) is 19.8. The fourth-order valence-corrected chi connectivity index (χ4v) is 4.81. The summed E-state index contributed by atoms with van der Waals surface area (Å²) in [5.74, 6) is -0.299. The summed E-state index contributed by atoms with van der Waals surface area (Å²) in [6, 6.07) is 28.1. The summed E-state index contributed by atoms with van der Waals surface area (Å²) in [7, 11) is 0. The van der Waals surface area contributed by atoms with Crippen LogP contribution >= 0.6 is 24.0 Å². The van der Waals surface area contributed by atoms with Crippen molar-refractivity contribution >= 4 is 51.9 Å². The highest BCUT2D eigenvalue weighted by atomic mass is 32.2. The molecule has 0 spiro atoms. The van der Waals surface area contributed by atoms with Gasteiger partial charge in [0.25, 0.3) is 5.91 Å². The summed E-state index contributed by atoms with van der Waals surface area (Å²) < 4.78 is 6.28. The molecule has 0 aliphatic carbocycles. The van der Waals surface area contributed by atoms with Gasteiger partial charge in [0.2, 0.25) is 0 Å². The smallest absolute Gasteiger partial charge is 0.337 e. The molecule has 6 nitrogen and oxygen atoms in total. The number of amides is 1. The third-order valence-corrected chi connectivity index (χ3v) is 6.64. The van der Waals surface area contributed by atoms with Crippen LogP contribution in [0.25, 0.3) is 28.5 Å². The van der Waals surface area contributed by atoms with Gasteiger partial charge in [-0.2, -0.15) is 0 Å². The summed E-state index contributed by atoms with van der Waals surface area (Å²) in [5, 5.41) is 10.6. The average Bonchev–Trinajstić information content (AvgIpc) is 3.45. The number of anilines is 1. The van der Waals surface area contributed by atoms with Gasteiger partial charge in [0, 0.05) is 11.6 Å². The molecule has 2 heterocycles. The molecule has 1 aliphatic rings. The minimum atomic E-state index is -1.10. The number of carbonyl (C=O) groups is 2. The van der Waals surface area contributed by atoms with E-state index in [1.165, 1.54) is 11.1 Å². The number of rotatable bonds is 6. The second kappa shape index (κ2) is 9.61. The Morgan fingerprint density at radius 1 is 0.914 bits per heavy atom. The molecular weight excluding hydrogens is 480 g/mol. The SMILES string of the molecule is O=C(O)c1ccccc1NN1C(=O)/C(=C\c2ccc(-c3cccc(-c4ccccc4)c3)o2)SC1=S. The molecule has 0 unspecified atom stereocenters. The van der Waals surface area contributed by atoms with Gasteiger partial charge in [-0.15, -0.1) is 0 Å². The third kappa shape index (κ3) is 4.75. The Hall–Kier alpha value is -4.14. The number of para-hydroxylation sites is 1. The van der Waals surface area contributed by atoms with E-state index in [1.54, 1.807) is 30.3 Å².